The molecule has 1 aliphatic heterocycles. The second kappa shape index (κ2) is 4.97. The quantitative estimate of drug-likeness (QED) is 0.795. The average Bonchev–Trinajstić information content (AvgIpc) is 2.72. The highest BCUT2D eigenvalue weighted by Crippen LogP contribution is 2.27. The molecular weight excluding hydrogens is 222 g/mol. The minimum atomic E-state index is -1.09. The van der Waals surface area contributed by atoms with Crippen molar-refractivity contribution in [3.05, 3.63) is 35.9 Å². The number of nitrogens with zero attached hydrogens (tertiary/aromatic N) is 1. The molecule has 5 heteroatoms. The van der Waals surface area contributed by atoms with Gasteiger partial charge in [-0.15, -0.1) is 0 Å². The van der Waals surface area contributed by atoms with Crippen LogP contribution in [0.1, 0.15) is 18.6 Å². The lowest BCUT2D eigenvalue weighted by molar-refractivity contribution is -0.135. The second-order valence-corrected chi connectivity index (χ2v) is 3.58. The fraction of sp³-hybridized carbons (Fsp3) is 0.333. The first-order valence-corrected chi connectivity index (χ1v) is 5.38. The summed E-state index contributed by atoms with van der Waals surface area (Å²) in [6.07, 6.45) is -1.73. The van der Waals surface area contributed by atoms with Crippen LogP contribution in [0.2, 0.25) is 0 Å². The van der Waals surface area contributed by atoms with Crippen LogP contribution >= 0.6 is 0 Å². The number of benzene rings is 1. The molecule has 1 aromatic carbocycles. The zero-order valence-electron chi connectivity index (χ0n) is 9.37. The molecule has 2 atom stereocenters. The second-order valence-electron chi connectivity index (χ2n) is 3.58. The number of oxime groups is 1. The van der Waals surface area contributed by atoms with E-state index < -0.39 is 18.2 Å². The number of ether oxygens (including phenoxy) is 1. The van der Waals surface area contributed by atoms with Crippen molar-refractivity contribution in [2.75, 3.05) is 6.61 Å². The highest BCUT2D eigenvalue weighted by Gasteiger charge is 2.38. The number of aliphatic hydroxyl groups excluding tert-OH is 1. The lowest BCUT2D eigenvalue weighted by Crippen LogP contribution is -2.30. The molecule has 0 aliphatic carbocycles. The highest BCUT2D eigenvalue weighted by molar-refractivity contribution is 6.38. The van der Waals surface area contributed by atoms with Crippen LogP contribution in [-0.2, 0) is 14.4 Å². The summed E-state index contributed by atoms with van der Waals surface area (Å²) in [6, 6.07) is 9.12. The molecular formula is C12H13NO4. The summed E-state index contributed by atoms with van der Waals surface area (Å²) in [5.74, 6) is -0.640. The predicted molar refractivity (Wildman–Crippen MR) is 60.3 cm³/mol. The Hall–Kier alpha value is -1.88. The summed E-state index contributed by atoms with van der Waals surface area (Å²) < 4.78 is 4.77. The third-order valence-electron chi connectivity index (χ3n) is 2.44. The summed E-state index contributed by atoms with van der Waals surface area (Å²) in [4.78, 5) is 16.5. The molecule has 1 aromatic rings. The molecule has 5 nitrogen and oxygen atoms in total. The Kier molecular flexibility index (Phi) is 3.39. The van der Waals surface area contributed by atoms with Gasteiger partial charge < -0.3 is 14.7 Å². The Labute approximate surface area is 98.6 Å². The Bertz CT molecular complexity index is 429. The molecule has 0 spiro atoms. The summed E-state index contributed by atoms with van der Waals surface area (Å²) in [5, 5.41) is 13.5. The first kappa shape index (κ1) is 11.6. The standard InChI is InChI=1S/C12H13NO4/c1-2-16-12(15)9-10(14)11(17-13-9)8-6-4-3-5-7-8/h3-7,10-11,14H,2H2,1H3/t10-,11+/m1/s1. The minimum Gasteiger partial charge on any atom is -0.461 e. The first-order valence-electron chi connectivity index (χ1n) is 5.38. The Morgan fingerprint density at radius 3 is 2.82 bits per heavy atom. The van der Waals surface area contributed by atoms with E-state index in [1.54, 1.807) is 19.1 Å². The first-order chi connectivity index (χ1) is 8.24. The largest absolute Gasteiger partial charge is 0.461 e. The lowest BCUT2D eigenvalue weighted by atomic mass is 10.0. The average molecular weight is 235 g/mol. The molecule has 2 rings (SSSR count). The van der Waals surface area contributed by atoms with E-state index in [4.69, 9.17) is 9.57 Å². The fourth-order valence-electron chi connectivity index (χ4n) is 1.62. The van der Waals surface area contributed by atoms with E-state index >= 15 is 0 Å². The normalized spacial score (nSPS) is 22.8. The van der Waals surface area contributed by atoms with E-state index in [2.05, 4.69) is 5.16 Å². The molecule has 0 bridgehead atoms. The zero-order valence-corrected chi connectivity index (χ0v) is 9.37. The molecule has 0 amide bonds. The molecule has 0 radical (unpaired) electrons. The van der Waals surface area contributed by atoms with Gasteiger partial charge in [-0.1, -0.05) is 35.5 Å². The molecule has 0 unspecified atom stereocenters. The number of hydrogen-bond donors (Lipinski definition) is 1. The van der Waals surface area contributed by atoms with Gasteiger partial charge in [-0.3, -0.25) is 0 Å². The molecule has 17 heavy (non-hydrogen) atoms. The maximum atomic E-state index is 11.4. The molecule has 1 heterocycles. The van der Waals surface area contributed by atoms with Gasteiger partial charge in [0.05, 0.1) is 6.61 Å². The molecule has 1 aliphatic rings. The SMILES string of the molecule is CCOC(=O)C1=NO[C@@H](c2ccccc2)[C@@H]1O. The van der Waals surface area contributed by atoms with Crippen molar-refractivity contribution in [3.8, 4) is 0 Å². The van der Waals surface area contributed by atoms with E-state index in [0.29, 0.717) is 0 Å². The molecule has 0 saturated heterocycles. The number of esters is 1. The van der Waals surface area contributed by atoms with E-state index in [1.165, 1.54) is 0 Å². The van der Waals surface area contributed by atoms with Crippen LogP contribution in [0.25, 0.3) is 0 Å². The van der Waals surface area contributed by atoms with Gasteiger partial charge in [0.1, 0.15) is 0 Å². The van der Waals surface area contributed by atoms with Crippen LogP contribution in [0.4, 0.5) is 0 Å². The van der Waals surface area contributed by atoms with Crippen molar-refractivity contribution in [1.82, 2.24) is 0 Å². The molecule has 1 N–H and O–H groups in total. The third kappa shape index (κ3) is 2.29. The van der Waals surface area contributed by atoms with Gasteiger partial charge >= 0.3 is 5.97 Å². The molecule has 0 fully saturated rings. The smallest absolute Gasteiger partial charge is 0.359 e. The number of rotatable bonds is 3. The molecule has 0 saturated carbocycles. The van der Waals surface area contributed by atoms with E-state index in [1.807, 2.05) is 18.2 Å². The van der Waals surface area contributed by atoms with Crippen LogP contribution in [0.5, 0.6) is 0 Å². The maximum Gasteiger partial charge on any atom is 0.359 e. The van der Waals surface area contributed by atoms with Crippen LogP contribution in [0, 0.1) is 0 Å². The maximum absolute atomic E-state index is 11.4. The number of carbonyl (C=O) groups is 1. The topological polar surface area (TPSA) is 68.1 Å². The van der Waals surface area contributed by atoms with Crippen molar-refractivity contribution < 1.29 is 19.5 Å². The number of carbonyl (C=O) groups excluding carboxylic acids is 1. The lowest BCUT2D eigenvalue weighted by Gasteiger charge is -2.13. The monoisotopic (exact) mass is 235 g/mol. The van der Waals surface area contributed by atoms with Gasteiger partial charge in [-0.2, -0.15) is 0 Å². The predicted octanol–water partition coefficient (Wildman–Crippen LogP) is 1.04. The summed E-state index contributed by atoms with van der Waals surface area (Å²) in [5.41, 5.74) is 0.684. The van der Waals surface area contributed by atoms with Gasteiger partial charge in [0.15, 0.2) is 17.9 Å². The number of aliphatic hydroxyl groups is 1. The van der Waals surface area contributed by atoms with Crippen molar-refractivity contribution >= 4 is 11.7 Å². The van der Waals surface area contributed by atoms with Crippen LogP contribution < -0.4 is 0 Å². The van der Waals surface area contributed by atoms with Gasteiger partial charge in [0.25, 0.3) is 0 Å². The van der Waals surface area contributed by atoms with Crippen LogP contribution in [-0.4, -0.2) is 29.5 Å². The third-order valence-corrected chi connectivity index (χ3v) is 2.44. The van der Waals surface area contributed by atoms with Crippen molar-refractivity contribution in [2.24, 2.45) is 5.16 Å². The summed E-state index contributed by atoms with van der Waals surface area (Å²) >= 11 is 0. The van der Waals surface area contributed by atoms with Gasteiger partial charge in [-0.05, 0) is 12.5 Å². The van der Waals surface area contributed by atoms with E-state index in [-0.39, 0.29) is 12.3 Å². The highest BCUT2D eigenvalue weighted by atomic mass is 16.7. The van der Waals surface area contributed by atoms with E-state index in [0.717, 1.165) is 5.56 Å². The summed E-state index contributed by atoms with van der Waals surface area (Å²) in [6.45, 7) is 1.93. The van der Waals surface area contributed by atoms with Crippen LogP contribution in [0.15, 0.2) is 35.5 Å². The van der Waals surface area contributed by atoms with Crippen molar-refractivity contribution in [1.29, 1.82) is 0 Å². The van der Waals surface area contributed by atoms with Gasteiger partial charge in [0, 0.05) is 0 Å². The molecule has 90 valence electrons. The van der Waals surface area contributed by atoms with Crippen molar-refractivity contribution in [2.45, 2.75) is 19.1 Å². The Morgan fingerprint density at radius 1 is 1.47 bits per heavy atom. The van der Waals surface area contributed by atoms with Crippen LogP contribution in [0.3, 0.4) is 0 Å². The minimum absolute atomic E-state index is 0.0827. The number of hydrogen-bond acceptors (Lipinski definition) is 5. The Balaban J connectivity index is 2.11. The molecule has 0 aromatic heterocycles. The summed E-state index contributed by atoms with van der Waals surface area (Å²) in [7, 11) is 0. The van der Waals surface area contributed by atoms with Crippen molar-refractivity contribution in [3.63, 3.8) is 0 Å². The fourth-order valence-corrected chi connectivity index (χ4v) is 1.62. The van der Waals surface area contributed by atoms with E-state index in [9.17, 15) is 9.90 Å². The van der Waals surface area contributed by atoms with Gasteiger partial charge in [0.2, 0.25) is 0 Å². The zero-order chi connectivity index (χ0) is 12.3. The van der Waals surface area contributed by atoms with Gasteiger partial charge in [-0.25, -0.2) is 4.79 Å². The Morgan fingerprint density at radius 2 is 2.18 bits per heavy atom.